The molecule has 3 aromatic rings. The van der Waals surface area contributed by atoms with Gasteiger partial charge in [0.05, 0.1) is 4.92 Å². The summed E-state index contributed by atoms with van der Waals surface area (Å²) in [5, 5.41) is 11.1. The van der Waals surface area contributed by atoms with Gasteiger partial charge >= 0.3 is 0 Å². The lowest BCUT2D eigenvalue weighted by Crippen LogP contribution is -2.21. The minimum Gasteiger partial charge on any atom is -0.438 e. The molecule has 120 valence electrons. The summed E-state index contributed by atoms with van der Waals surface area (Å²) in [5.41, 5.74) is 5.10. The van der Waals surface area contributed by atoms with Crippen LogP contribution in [0.4, 0.5) is 15.8 Å². The van der Waals surface area contributed by atoms with Gasteiger partial charge in [-0.15, -0.1) is 0 Å². The van der Waals surface area contributed by atoms with Crippen molar-refractivity contribution in [2.75, 3.05) is 0 Å². The molecule has 0 atom stereocenters. The molecule has 3 rings (SSSR count). The maximum absolute atomic E-state index is 13.7. The Bertz CT molecular complexity index is 1040. The van der Waals surface area contributed by atoms with Crippen LogP contribution in [0.1, 0.15) is 10.4 Å². The summed E-state index contributed by atoms with van der Waals surface area (Å²) in [5.74, 6) is -1.44. The van der Waals surface area contributed by atoms with Gasteiger partial charge in [0.1, 0.15) is 22.7 Å². The first kappa shape index (κ1) is 15.3. The largest absolute Gasteiger partial charge is 0.438 e. The number of amides is 1. The number of nitro benzene ring substituents is 1. The third kappa shape index (κ3) is 2.84. The molecule has 1 heterocycles. The van der Waals surface area contributed by atoms with Crippen molar-refractivity contribution in [3.05, 3.63) is 75.6 Å². The van der Waals surface area contributed by atoms with E-state index in [4.69, 9.17) is 10.2 Å². The van der Waals surface area contributed by atoms with Gasteiger partial charge in [-0.2, -0.15) is 0 Å². The van der Waals surface area contributed by atoms with E-state index in [1.54, 1.807) is 6.07 Å². The summed E-state index contributed by atoms with van der Waals surface area (Å²) in [6.45, 7) is 0. The van der Waals surface area contributed by atoms with Crippen molar-refractivity contribution in [3.8, 4) is 0 Å². The predicted molar refractivity (Wildman–Crippen MR) is 83.0 cm³/mol. The first-order valence-electron chi connectivity index (χ1n) is 6.77. The highest BCUT2D eigenvalue weighted by molar-refractivity contribution is 5.95. The zero-order valence-corrected chi connectivity index (χ0v) is 12.1. The summed E-state index contributed by atoms with van der Waals surface area (Å²) < 4.78 is 19.2. The van der Waals surface area contributed by atoms with E-state index < -0.39 is 16.6 Å². The monoisotopic (exact) mass is 327 g/mol. The topological polar surface area (TPSA) is 112 Å². The number of hydrogen-bond donors (Lipinski definition) is 1. The molecule has 0 aliphatic rings. The molecule has 1 amide bonds. The molecule has 0 radical (unpaired) electrons. The Kier molecular flexibility index (Phi) is 3.78. The van der Waals surface area contributed by atoms with E-state index in [1.165, 1.54) is 42.5 Å². The van der Waals surface area contributed by atoms with Crippen molar-refractivity contribution in [1.29, 1.82) is 0 Å². The summed E-state index contributed by atoms with van der Waals surface area (Å²) in [7, 11) is 0. The van der Waals surface area contributed by atoms with Crippen molar-refractivity contribution in [1.82, 2.24) is 0 Å². The fraction of sp³-hybridized carbons (Fsp3) is 0. The molecule has 0 aliphatic heterocycles. The number of benzene rings is 2. The first-order valence-corrected chi connectivity index (χ1v) is 6.77. The Labute approximate surface area is 134 Å². The van der Waals surface area contributed by atoms with Crippen molar-refractivity contribution in [3.63, 3.8) is 0 Å². The van der Waals surface area contributed by atoms with Crippen LogP contribution in [0.3, 0.4) is 0 Å². The average molecular weight is 327 g/mol. The number of fused-ring (bicyclic) bond motifs is 1. The van der Waals surface area contributed by atoms with Gasteiger partial charge in [0.15, 0.2) is 0 Å². The van der Waals surface area contributed by atoms with Crippen LogP contribution in [0.2, 0.25) is 0 Å². The molecule has 0 saturated heterocycles. The standard InChI is InChI=1S/C16H10FN3O4/c17-12-3-1-2-4-13(12)19-16-11(15(18)21)8-9-7-10(20(22)23)5-6-14(9)24-16/h1-8H,(H2,18,21). The van der Waals surface area contributed by atoms with Crippen LogP contribution in [0.15, 0.2) is 57.9 Å². The van der Waals surface area contributed by atoms with Gasteiger partial charge in [-0.3, -0.25) is 14.9 Å². The molecule has 7 nitrogen and oxygen atoms in total. The zero-order valence-electron chi connectivity index (χ0n) is 12.1. The van der Waals surface area contributed by atoms with E-state index in [0.29, 0.717) is 5.39 Å². The fourth-order valence-corrected chi connectivity index (χ4v) is 2.14. The number of halogens is 1. The van der Waals surface area contributed by atoms with Gasteiger partial charge in [0, 0.05) is 17.5 Å². The van der Waals surface area contributed by atoms with Crippen molar-refractivity contribution < 1.29 is 18.5 Å². The third-order valence-corrected chi connectivity index (χ3v) is 3.28. The van der Waals surface area contributed by atoms with E-state index in [-0.39, 0.29) is 28.1 Å². The first-order chi connectivity index (χ1) is 11.5. The van der Waals surface area contributed by atoms with Gasteiger partial charge in [-0.25, -0.2) is 9.38 Å². The maximum atomic E-state index is 13.7. The molecule has 24 heavy (non-hydrogen) atoms. The lowest BCUT2D eigenvalue weighted by Gasteiger charge is -2.02. The van der Waals surface area contributed by atoms with Crippen LogP contribution in [0, 0.1) is 15.9 Å². The number of carbonyl (C=O) groups is 1. The predicted octanol–water partition coefficient (Wildman–Crippen LogP) is 2.81. The van der Waals surface area contributed by atoms with Gasteiger partial charge in [-0.05, 0) is 24.3 Å². The quantitative estimate of drug-likeness (QED) is 0.588. The molecule has 0 fully saturated rings. The molecule has 1 aromatic heterocycles. The highest BCUT2D eigenvalue weighted by Crippen LogP contribution is 2.21. The number of rotatable bonds is 3. The number of non-ortho nitro benzene ring substituents is 1. The van der Waals surface area contributed by atoms with Crippen molar-refractivity contribution in [2.45, 2.75) is 0 Å². The van der Waals surface area contributed by atoms with Gasteiger partial charge in [0.2, 0.25) is 5.55 Å². The van der Waals surface area contributed by atoms with Gasteiger partial charge in [-0.1, -0.05) is 12.1 Å². The summed E-state index contributed by atoms with van der Waals surface area (Å²) in [4.78, 5) is 25.9. The number of nitrogens with zero attached hydrogens (tertiary/aromatic N) is 2. The number of carbonyl (C=O) groups excluding carboxylic acids is 1. The van der Waals surface area contributed by atoms with E-state index in [0.717, 1.165) is 0 Å². The molecule has 2 N–H and O–H groups in total. The SMILES string of the molecule is NC(=O)c1cc2cc([N+](=O)[O-])ccc2oc1=Nc1ccccc1F. The average Bonchev–Trinajstić information content (AvgIpc) is 2.55. The fourth-order valence-electron chi connectivity index (χ4n) is 2.14. The minimum absolute atomic E-state index is 0.0231. The Hall–Kier alpha value is -3.55. The molecular formula is C16H10FN3O4. The van der Waals surface area contributed by atoms with Crippen LogP contribution in [0.25, 0.3) is 11.0 Å². The lowest BCUT2D eigenvalue weighted by atomic mass is 10.1. The van der Waals surface area contributed by atoms with E-state index in [9.17, 15) is 19.3 Å². The van der Waals surface area contributed by atoms with Crippen LogP contribution in [0.5, 0.6) is 0 Å². The molecular weight excluding hydrogens is 317 g/mol. The molecule has 0 unspecified atom stereocenters. The van der Waals surface area contributed by atoms with E-state index in [2.05, 4.69) is 4.99 Å². The Morgan fingerprint density at radius 2 is 1.96 bits per heavy atom. The second kappa shape index (κ2) is 5.92. The Balaban J connectivity index is 2.30. The van der Waals surface area contributed by atoms with E-state index in [1.807, 2.05) is 0 Å². The number of nitrogens with two attached hydrogens (primary N) is 1. The van der Waals surface area contributed by atoms with Gasteiger partial charge < -0.3 is 10.2 Å². The summed E-state index contributed by atoms with van der Waals surface area (Å²) in [6, 6.07) is 10.9. The van der Waals surface area contributed by atoms with Crippen LogP contribution in [-0.2, 0) is 0 Å². The second-order valence-corrected chi connectivity index (χ2v) is 4.87. The Morgan fingerprint density at radius 1 is 1.21 bits per heavy atom. The highest BCUT2D eigenvalue weighted by Gasteiger charge is 2.13. The van der Waals surface area contributed by atoms with Crippen molar-refractivity contribution >= 4 is 28.3 Å². The summed E-state index contributed by atoms with van der Waals surface area (Å²) >= 11 is 0. The zero-order chi connectivity index (χ0) is 17.3. The number of para-hydroxylation sites is 1. The number of nitro groups is 1. The van der Waals surface area contributed by atoms with Crippen molar-refractivity contribution in [2.24, 2.45) is 10.7 Å². The number of hydrogen-bond acceptors (Lipinski definition) is 5. The normalized spacial score (nSPS) is 11.6. The van der Waals surface area contributed by atoms with Gasteiger partial charge in [0.25, 0.3) is 11.6 Å². The maximum Gasteiger partial charge on any atom is 0.270 e. The highest BCUT2D eigenvalue weighted by atomic mass is 19.1. The molecule has 2 aromatic carbocycles. The third-order valence-electron chi connectivity index (χ3n) is 3.28. The molecule has 0 saturated carbocycles. The second-order valence-electron chi connectivity index (χ2n) is 4.87. The smallest absolute Gasteiger partial charge is 0.270 e. The van der Waals surface area contributed by atoms with Crippen LogP contribution < -0.4 is 11.3 Å². The molecule has 0 aliphatic carbocycles. The molecule has 8 heteroatoms. The summed E-state index contributed by atoms with van der Waals surface area (Å²) in [6.07, 6.45) is 0. The molecule has 0 bridgehead atoms. The lowest BCUT2D eigenvalue weighted by molar-refractivity contribution is -0.384. The molecule has 0 spiro atoms. The van der Waals surface area contributed by atoms with Crippen LogP contribution >= 0.6 is 0 Å². The Morgan fingerprint density at radius 3 is 2.62 bits per heavy atom. The van der Waals surface area contributed by atoms with E-state index >= 15 is 0 Å². The minimum atomic E-state index is -0.845. The number of primary amides is 1. The van der Waals surface area contributed by atoms with Crippen LogP contribution in [-0.4, -0.2) is 10.8 Å².